The van der Waals surface area contributed by atoms with Gasteiger partial charge in [-0.05, 0) is 34.1 Å². The van der Waals surface area contributed by atoms with Crippen LogP contribution in [-0.2, 0) is 19.1 Å². The van der Waals surface area contributed by atoms with Crippen molar-refractivity contribution >= 4 is 29.8 Å². The number of urea groups is 2. The lowest BCUT2D eigenvalue weighted by Gasteiger charge is -2.19. The summed E-state index contributed by atoms with van der Waals surface area (Å²) in [6, 6.07) is -1.58. The first-order valence-electron chi connectivity index (χ1n) is 7.95. The number of amides is 6. The van der Waals surface area contributed by atoms with Crippen LogP contribution in [0, 0.1) is 0 Å². The van der Waals surface area contributed by atoms with Crippen LogP contribution in [0.2, 0.25) is 0 Å². The Morgan fingerprint density at radius 1 is 1.24 bits per heavy atom. The van der Waals surface area contributed by atoms with Crippen LogP contribution < -0.4 is 16.0 Å². The number of nitrogens with zero attached hydrogens (tertiary/aromatic N) is 1. The number of hydrogen-bond donors (Lipinski definition) is 3. The minimum absolute atomic E-state index is 0.168. The molecule has 2 atom stereocenters. The topological polar surface area (TPSA) is 134 Å². The molecule has 1 aliphatic rings. The molecule has 3 N–H and O–H groups in total. The van der Waals surface area contributed by atoms with E-state index in [9.17, 15) is 24.0 Å². The summed E-state index contributed by atoms with van der Waals surface area (Å²) in [5.74, 6) is -2.29. The van der Waals surface area contributed by atoms with Crippen LogP contribution in [-0.4, -0.2) is 59.0 Å². The van der Waals surface area contributed by atoms with Crippen LogP contribution in [0.25, 0.3) is 0 Å². The van der Waals surface area contributed by atoms with Crippen molar-refractivity contribution < 1.29 is 28.7 Å². The molecule has 1 fully saturated rings. The van der Waals surface area contributed by atoms with Crippen molar-refractivity contribution in [1.29, 1.82) is 0 Å². The van der Waals surface area contributed by atoms with E-state index >= 15 is 0 Å². The van der Waals surface area contributed by atoms with Crippen LogP contribution in [0.5, 0.6) is 0 Å². The van der Waals surface area contributed by atoms with Gasteiger partial charge in [0.25, 0.3) is 11.8 Å². The molecule has 25 heavy (non-hydrogen) atoms. The lowest BCUT2D eigenvalue weighted by Crippen LogP contribution is -2.47. The van der Waals surface area contributed by atoms with Gasteiger partial charge in [0.2, 0.25) is 0 Å². The zero-order valence-corrected chi connectivity index (χ0v) is 15.0. The fourth-order valence-corrected chi connectivity index (χ4v) is 2.06. The van der Waals surface area contributed by atoms with Crippen LogP contribution in [0.4, 0.5) is 9.59 Å². The molecule has 0 spiro atoms. The van der Waals surface area contributed by atoms with Crippen molar-refractivity contribution in [3.63, 3.8) is 0 Å². The largest absolute Gasteiger partial charge is 0.451 e. The number of carbonyl (C=O) groups excluding carboxylic acids is 5. The third-order valence-electron chi connectivity index (χ3n) is 3.67. The maximum atomic E-state index is 12.2. The number of rotatable bonds is 6. The molecule has 0 radical (unpaired) electrons. The van der Waals surface area contributed by atoms with E-state index in [0.717, 1.165) is 4.90 Å². The Balaban J connectivity index is 2.56. The molecule has 2 unspecified atom stereocenters. The maximum absolute atomic E-state index is 12.2. The second-order valence-corrected chi connectivity index (χ2v) is 6.26. The van der Waals surface area contributed by atoms with Crippen molar-refractivity contribution in [3.05, 3.63) is 0 Å². The molecule has 140 valence electrons. The first-order chi connectivity index (χ1) is 11.5. The van der Waals surface area contributed by atoms with E-state index in [1.54, 1.807) is 27.7 Å². The van der Waals surface area contributed by atoms with Crippen LogP contribution in [0.3, 0.4) is 0 Å². The van der Waals surface area contributed by atoms with Crippen LogP contribution >= 0.6 is 0 Å². The lowest BCUT2D eigenvalue weighted by atomic mass is 9.99. The summed E-state index contributed by atoms with van der Waals surface area (Å²) in [4.78, 5) is 59.8. The van der Waals surface area contributed by atoms with Gasteiger partial charge in [0.05, 0.1) is 0 Å². The van der Waals surface area contributed by atoms with E-state index < -0.39 is 48.0 Å². The Morgan fingerprint density at radius 2 is 1.84 bits per heavy atom. The van der Waals surface area contributed by atoms with E-state index in [1.807, 2.05) is 5.32 Å². The Hall–Kier alpha value is -2.65. The SMILES string of the molecule is CCC1(C)NC(=O)N(CC(=O)OC(C)C(=O)NC(=O)NC(C)C)C1=O. The standard InChI is InChI=1S/C15H24N4O6/c1-6-15(5)12(22)19(14(24)18-15)7-10(20)25-9(4)11(21)17-13(23)16-8(2)3/h8-9H,6-7H2,1-5H3,(H,18,24)(H2,16,17,21,23). The molecule has 10 nitrogen and oxygen atoms in total. The average molecular weight is 356 g/mol. The van der Waals surface area contributed by atoms with E-state index in [2.05, 4.69) is 10.6 Å². The molecule has 1 saturated heterocycles. The molecule has 1 aliphatic heterocycles. The van der Waals surface area contributed by atoms with E-state index in [0.29, 0.717) is 6.42 Å². The summed E-state index contributed by atoms with van der Waals surface area (Å²) >= 11 is 0. The molecule has 0 bridgehead atoms. The van der Waals surface area contributed by atoms with Gasteiger partial charge in [-0.1, -0.05) is 6.92 Å². The highest BCUT2D eigenvalue weighted by atomic mass is 16.5. The molecule has 0 aromatic carbocycles. The monoisotopic (exact) mass is 356 g/mol. The fourth-order valence-electron chi connectivity index (χ4n) is 2.06. The van der Waals surface area contributed by atoms with Crippen LogP contribution in [0.1, 0.15) is 41.0 Å². The Labute approximate surface area is 145 Å². The fraction of sp³-hybridized carbons (Fsp3) is 0.667. The van der Waals surface area contributed by atoms with Gasteiger partial charge in [0, 0.05) is 6.04 Å². The average Bonchev–Trinajstić information content (AvgIpc) is 2.70. The first kappa shape index (κ1) is 20.4. The quantitative estimate of drug-likeness (QED) is 0.448. The highest BCUT2D eigenvalue weighted by molar-refractivity contribution is 6.08. The predicted octanol–water partition coefficient (Wildman–Crippen LogP) is -0.127. The molecular formula is C15H24N4O6. The molecule has 0 aliphatic carbocycles. The molecule has 0 aromatic rings. The highest BCUT2D eigenvalue weighted by Gasteiger charge is 2.47. The minimum atomic E-state index is -1.26. The Morgan fingerprint density at radius 3 is 2.32 bits per heavy atom. The highest BCUT2D eigenvalue weighted by Crippen LogP contribution is 2.20. The normalized spacial score (nSPS) is 21.0. The van der Waals surface area contributed by atoms with Gasteiger partial charge in [-0.25, -0.2) is 9.59 Å². The second kappa shape index (κ2) is 7.95. The molecule has 1 rings (SSSR count). The molecular weight excluding hydrogens is 332 g/mol. The second-order valence-electron chi connectivity index (χ2n) is 6.26. The van der Waals surface area contributed by atoms with Gasteiger partial charge in [0.1, 0.15) is 12.1 Å². The molecule has 0 saturated carbocycles. The van der Waals surface area contributed by atoms with Gasteiger partial charge in [0.15, 0.2) is 6.10 Å². The van der Waals surface area contributed by atoms with Crippen molar-refractivity contribution in [3.8, 4) is 0 Å². The van der Waals surface area contributed by atoms with Gasteiger partial charge in [-0.2, -0.15) is 0 Å². The summed E-state index contributed by atoms with van der Waals surface area (Å²) in [5, 5.41) is 6.98. The number of esters is 1. The Bertz CT molecular complexity index is 591. The summed E-state index contributed by atoms with van der Waals surface area (Å²) in [7, 11) is 0. The minimum Gasteiger partial charge on any atom is -0.451 e. The summed E-state index contributed by atoms with van der Waals surface area (Å²) in [6.07, 6.45) is -0.892. The van der Waals surface area contributed by atoms with Gasteiger partial charge in [-0.3, -0.25) is 24.6 Å². The third-order valence-corrected chi connectivity index (χ3v) is 3.67. The predicted molar refractivity (Wildman–Crippen MR) is 86.3 cm³/mol. The first-order valence-corrected chi connectivity index (χ1v) is 7.95. The zero-order chi connectivity index (χ0) is 19.4. The molecule has 0 aromatic heterocycles. The van der Waals surface area contributed by atoms with Crippen molar-refractivity contribution in [2.24, 2.45) is 0 Å². The zero-order valence-electron chi connectivity index (χ0n) is 15.0. The van der Waals surface area contributed by atoms with Crippen molar-refractivity contribution in [2.45, 2.75) is 58.7 Å². The van der Waals surface area contributed by atoms with Gasteiger partial charge in [-0.15, -0.1) is 0 Å². The van der Waals surface area contributed by atoms with Crippen molar-refractivity contribution in [2.75, 3.05) is 6.54 Å². The number of nitrogens with one attached hydrogen (secondary N) is 3. The van der Waals surface area contributed by atoms with Gasteiger partial charge >= 0.3 is 18.0 Å². The number of imide groups is 2. The summed E-state index contributed by atoms with van der Waals surface area (Å²) in [6.45, 7) is 7.38. The van der Waals surface area contributed by atoms with Crippen molar-refractivity contribution in [1.82, 2.24) is 20.9 Å². The maximum Gasteiger partial charge on any atom is 0.327 e. The lowest BCUT2D eigenvalue weighted by molar-refractivity contribution is -0.156. The smallest absolute Gasteiger partial charge is 0.327 e. The van der Waals surface area contributed by atoms with Crippen LogP contribution in [0.15, 0.2) is 0 Å². The van der Waals surface area contributed by atoms with E-state index in [4.69, 9.17) is 4.74 Å². The molecule has 1 heterocycles. The Kier molecular flexibility index (Phi) is 6.49. The number of ether oxygens (including phenoxy) is 1. The van der Waals surface area contributed by atoms with E-state index in [1.165, 1.54) is 6.92 Å². The third kappa shape index (κ3) is 5.16. The number of carbonyl (C=O) groups is 5. The summed E-state index contributed by atoms with van der Waals surface area (Å²) in [5.41, 5.74) is -1.06. The molecule has 10 heteroatoms. The molecule has 6 amide bonds. The van der Waals surface area contributed by atoms with E-state index in [-0.39, 0.29) is 6.04 Å². The number of hydrogen-bond acceptors (Lipinski definition) is 6. The summed E-state index contributed by atoms with van der Waals surface area (Å²) < 4.78 is 4.87. The van der Waals surface area contributed by atoms with Gasteiger partial charge < -0.3 is 15.4 Å².